The molecule has 1 atom stereocenters. The first-order valence-corrected chi connectivity index (χ1v) is 9.10. The van der Waals surface area contributed by atoms with Crippen LogP contribution in [0, 0.1) is 0 Å². The smallest absolute Gasteiger partial charge is 0.327 e. The van der Waals surface area contributed by atoms with Crippen molar-refractivity contribution in [2.45, 2.75) is 31.6 Å². The number of aliphatic carboxylic acids is 1. The van der Waals surface area contributed by atoms with E-state index in [2.05, 4.69) is 10.3 Å². The normalized spacial score (nSPS) is 13.5. The van der Waals surface area contributed by atoms with Gasteiger partial charge in [0.15, 0.2) is 5.17 Å². The van der Waals surface area contributed by atoms with E-state index in [-0.39, 0.29) is 5.17 Å². The predicted molar refractivity (Wildman–Crippen MR) is 97.2 cm³/mol. The summed E-state index contributed by atoms with van der Waals surface area (Å²) in [4.78, 5) is 26.7. The molecule has 1 aromatic rings. The molecule has 6 nitrogen and oxygen atoms in total. The Morgan fingerprint density at radius 2 is 1.91 bits per heavy atom. The number of nitrogens with one attached hydrogen (secondary N) is 1. The summed E-state index contributed by atoms with van der Waals surface area (Å²) in [6, 6.07) is 5.81. The summed E-state index contributed by atoms with van der Waals surface area (Å²) in [5.74, 6) is -1.51. The van der Waals surface area contributed by atoms with Gasteiger partial charge in [0.2, 0.25) is 5.91 Å². The molecule has 0 aromatic heterocycles. The molecule has 0 saturated heterocycles. The van der Waals surface area contributed by atoms with Crippen molar-refractivity contribution in [1.82, 2.24) is 5.32 Å². The van der Waals surface area contributed by atoms with Crippen molar-refractivity contribution in [1.29, 1.82) is 0 Å². The van der Waals surface area contributed by atoms with Crippen molar-refractivity contribution in [3.63, 3.8) is 0 Å². The molecule has 0 fully saturated rings. The molecule has 1 rings (SSSR count). The third-order valence-electron chi connectivity index (χ3n) is 2.70. The van der Waals surface area contributed by atoms with Crippen LogP contribution in [0.25, 0.3) is 0 Å². The molecule has 1 aromatic carbocycles. The molecule has 23 heavy (non-hydrogen) atoms. The zero-order chi connectivity index (χ0) is 17.6. The first kappa shape index (κ1) is 19.7. The van der Waals surface area contributed by atoms with E-state index in [0.717, 1.165) is 10.8 Å². The van der Waals surface area contributed by atoms with Crippen LogP contribution in [0.1, 0.15) is 20.8 Å². The van der Waals surface area contributed by atoms with Gasteiger partial charge >= 0.3 is 5.97 Å². The predicted octanol–water partition coefficient (Wildman–Crippen LogP) is 3.04. The monoisotopic (exact) mass is 375 g/mol. The number of amidine groups is 1. The van der Waals surface area contributed by atoms with Crippen LogP contribution in [-0.2, 0) is 9.59 Å². The molecule has 0 aliphatic heterocycles. The van der Waals surface area contributed by atoms with Crippen LogP contribution in [0.3, 0.4) is 0 Å². The first-order chi connectivity index (χ1) is 10.6. The Morgan fingerprint density at radius 3 is 2.39 bits per heavy atom. The molecular formula is C14H18ClN3O3S2. The van der Waals surface area contributed by atoms with Crippen LogP contribution in [-0.4, -0.2) is 32.9 Å². The first-order valence-electron chi connectivity index (χ1n) is 6.57. The van der Waals surface area contributed by atoms with E-state index in [0.29, 0.717) is 10.7 Å². The number of benzene rings is 1. The molecule has 0 heterocycles. The van der Waals surface area contributed by atoms with Gasteiger partial charge in [0.1, 0.15) is 6.04 Å². The number of nitrogens with two attached hydrogens (primary N) is 1. The Morgan fingerprint density at radius 1 is 1.35 bits per heavy atom. The van der Waals surface area contributed by atoms with E-state index >= 15 is 0 Å². The SMILES string of the molecule is CC(=O)NC(C(=O)O)C(C)(C)SSC(N)=Nc1ccc(Cl)cc1. The van der Waals surface area contributed by atoms with Crippen molar-refractivity contribution in [2.24, 2.45) is 10.7 Å². The van der Waals surface area contributed by atoms with Gasteiger partial charge in [-0.1, -0.05) is 22.4 Å². The Bertz CT molecular complexity index is 606. The number of hydrogen-bond acceptors (Lipinski definition) is 5. The number of nitrogens with zero attached hydrogens (tertiary/aromatic N) is 1. The maximum absolute atomic E-state index is 11.3. The summed E-state index contributed by atoms with van der Waals surface area (Å²) in [5, 5.41) is 12.6. The molecule has 9 heteroatoms. The average molecular weight is 376 g/mol. The van der Waals surface area contributed by atoms with E-state index < -0.39 is 22.7 Å². The second kappa shape index (κ2) is 8.47. The number of carboxylic acids is 1. The van der Waals surface area contributed by atoms with Gasteiger partial charge in [0.05, 0.1) is 10.4 Å². The zero-order valence-electron chi connectivity index (χ0n) is 12.9. The van der Waals surface area contributed by atoms with Gasteiger partial charge < -0.3 is 16.2 Å². The summed E-state index contributed by atoms with van der Waals surface area (Å²) in [6.07, 6.45) is 0. The fourth-order valence-corrected chi connectivity index (χ4v) is 3.72. The second-order valence-electron chi connectivity index (χ2n) is 5.17. The molecule has 0 bridgehead atoms. The number of carboxylic acid groups (broad SMARTS) is 1. The van der Waals surface area contributed by atoms with Crippen LogP contribution < -0.4 is 11.1 Å². The highest BCUT2D eigenvalue weighted by Gasteiger charge is 2.37. The van der Waals surface area contributed by atoms with Gasteiger partial charge in [-0.15, -0.1) is 0 Å². The quantitative estimate of drug-likeness (QED) is 0.401. The minimum absolute atomic E-state index is 0.275. The molecule has 0 saturated carbocycles. The Labute approximate surface area is 147 Å². The van der Waals surface area contributed by atoms with Crippen molar-refractivity contribution in [3.05, 3.63) is 29.3 Å². The lowest BCUT2D eigenvalue weighted by Crippen LogP contribution is -2.51. The zero-order valence-corrected chi connectivity index (χ0v) is 15.3. The number of rotatable bonds is 6. The molecule has 1 amide bonds. The number of aliphatic imine (C=N–C) groups is 1. The number of carbonyl (C=O) groups excluding carboxylic acids is 1. The molecule has 126 valence electrons. The minimum Gasteiger partial charge on any atom is -0.480 e. The largest absolute Gasteiger partial charge is 0.480 e. The van der Waals surface area contributed by atoms with Gasteiger partial charge in [-0.05, 0) is 48.9 Å². The van der Waals surface area contributed by atoms with E-state index in [4.69, 9.17) is 17.3 Å². The number of amides is 1. The molecule has 0 aliphatic rings. The van der Waals surface area contributed by atoms with Crippen LogP contribution in [0.5, 0.6) is 0 Å². The minimum atomic E-state index is -1.11. The van der Waals surface area contributed by atoms with Crippen LogP contribution in [0.15, 0.2) is 29.3 Å². The van der Waals surface area contributed by atoms with Gasteiger partial charge in [-0.3, -0.25) is 4.79 Å². The standard InChI is InChI=1S/C14H18ClN3O3S2/c1-8(19)17-11(12(20)21)14(2,3)23-22-13(16)18-10-6-4-9(15)5-7-10/h4-7,11H,1-3H3,(H2,16,18)(H,17,19)(H,20,21). The van der Waals surface area contributed by atoms with Gasteiger partial charge in [-0.25, -0.2) is 9.79 Å². The third-order valence-corrected chi connectivity index (χ3v) is 6.01. The molecule has 0 aliphatic carbocycles. The second-order valence-corrected chi connectivity index (χ2v) is 8.41. The molecule has 0 radical (unpaired) electrons. The number of halogens is 1. The summed E-state index contributed by atoms with van der Waals surface area (Å²) >= 11 is 5.80. The Hall–Kier alpha value is -1.38. The Kier molecular flexibility index (Phi) is 7.24. The maximum Gasteiger partial charge on any atom is 0.327 e. The van der Waals surface area contributed by atoms with Crippen molar-refractivity contribution in [3.8, 4) is 0 Å². The molecular weight excluding hydrogens is 358 g/mol. The van der Waals surface area contributed by atoms with Crippen LogP contribution >= 0.6 is 33.2 Å². The molecule has 0 spiro atoms. The summed E-state index contributed by atoms with van der Waals surface area (Å²) in [7, 11) is 2.38. The van der Waals surface area contributed by atoms with Crippen molar-refractivity contribution >= 4 is 55.9 Å². The van der Waals surface area contributed by atoms with E-state index in [1.165, 1.54) is 17.7 Å². The summed E-state index contributed by atoms with van der Waals surface area (Å²) in [5.41, 5.74) is 6.50. The molecule has 4 N–H and O–H groups in total. The fourth-order valence-electron chi connectivity index (χ4n) is 1.60. The fraction of sp³-hybridized carbons (Fsp3) is 0.357. The summed E-state index contributed by atoms with van der Waals surface area (Å²) in [6.45, 7) is 4.71. The lowest BCUT2D eigenvalue weighted by Gasteiger charge is -2.30. The third kappa shape index (κ3) is 6.72. The molecule has 1 unspecified atom stereocenters. The topological polar surface area (TPSA) is 105 Å². The Balaban J connectivity index is 2.74. The van der Waals surface area contributed by atoms with Gasteiger partial charge in [0.25, 0.3) is 0 Å². The highest BCUT2D eigenvalue weighted by molar-refractivity contribution is 8.82. The van der Waals surface area contributed by atoms with Crippen LogP contribution in [0.2, 0.25) is 5.02 Å². The van der Waals surface area contributed by atoms with E-state index in [9.17, 15) is 14.7 Å². The van der Waals surface area contributed by atoms with E-state index in [1.807, 2.05) is 0 Å². The van der Waals surface area contributed by atoms with Gasteiger partial charge in [-0.2, -0.15) is 0 Å². The highest BCUT2D eigenvalue weighted by Crippen LogP contribution is 2.38. The van der Waals surface area contributed by atoms with Crippen LogP contribution in [0.4, 0.5) is 5.69 Å². The number of hydrogen-bond donors (Lipinski definition) is 3. The average Bonchev–Trinajstić information content (AvgIpc) is 2.45. The maximum atomic E-state index is 11.3. The highest BCUT2D eigenvalue weighted by atomic mass is 35.5. The van der Waals surface area contributed by atoms with Crippen molar-refractivity contribution in [2.75, 3.05) is 0 Å². The van der Waals surface area contributed by atoms with E-state index in [1.54, 1.807) is 38.1 Å². The van der Waals surface area contributed by atoms with Crippen molar-refractivity contribution < 1.29 is 14.7 Å². The lowest BCUT2D eigenvalue weighted by atomic mass is 10.0. The van der Waals surface area contributed by atoms with Gasteiger partial charge in [0, 0.05) is 11.9 Å². The number of carbonyl (C=O) groups is 2. The lowest BCUT2D eigenvalue weighted by molar-refractivity contribution is -0.142. The summed E-state index contributed by atoms with van der Waals surface area (Å²) < 4.78 is -0.789.